The molecular formula is C14H11Cl2N3. The highest BCUT2D eigenvalue weighted by Crippen LogP contribution is 2.29. The highest BCUT2D eigenvalue weighted by atomic mass is 35.5. The average Bonchev–Trinajstić information content (AvgIpc) is 2.45. The summed E-state index contributed by atoms with van der Waals surface area (Å²) in [4.78, 5) is 4.02. The van der Waals surface area contributed by atoms with Gasteiger partial charge in [-0.2, -0.15) is 5.26 Å². The van der Waals surface area contributed by atoms with Gasteiger partial charge in [0, 0.05) is 24.5 Å². The van der Waals surface area contributed by atoms with E-state index in [1.165, 1.54) is 0 Å². The maximum atomic E-state index is 9.24. The molecule has 0 radical (unpaired) electrons. The van der Waals surface area contributed by atoms with Crippen molar-refractivity contribution in [1.82, 2.24) is 10.3 Å². The second-order valence-electron chi connectivity index (χ2n) is 3.95. The van der Waals surface area contributed by atoms with Gasteiger partial charge in [-0.25, -0.2) is 0 Å². The first-order valence-electron chi connectivity index (χ1n) is 5.68. The molecule has 5 heteroatoms. The van der Waals surface area contributed by atoms with Crippen molar-refractivity contribution in [2.75, 3.05) is 0 Å². The van der Waals surface area contributed by atoms with Gasteiger partial charge in [-0.15, -0.1) is 0 Å². The molecule has 0 bridgehead atoms. The Morgan fingerprint density at radius 2 is 2.11 bits per heavy atom. The van der Waals surface area contributed by atoms with Gasteiger partial charge in [-0.05, 0) is 17.7 Å². The number of halogens is 2. The van der Waals surface area contributed by atoms with Crippen LogP contribution >= 0.6 is 23.2 Å². The molecule has 0 fully saturated rings. The van der Waals surface area contributed by atoms with Crippen molar-refractivity contribution in [2.45, 2.75) is 12.6 Å². The number of nitrogens with zero attached hydrogens (tertiary/aromatic N) is 2. The second kappa shape index (κ2) is 6.53. The first kappa shape index (κ1) is 13.8. The molecule has 1 N–H and O–H groups in total. The van der Waals surface area contributed by atoms with Crippen LogP contribution in [0.15, 0.2) is 42.7 Å². The normalized spacial score (nSPS) is 11.8. The summed E-state index contributed by atoms with van der Waals surface area (Å²) in [6.45, 7) is 0.537. The summed E-state index contributed by atoms with van der Waals surface area (Å²) in [6.07, 6.45) is 3.46. The van der Waals surface area contributed by atoms with Gasteiger partial charge in [-0.3, -0.25) is 10.3 Å². The molecule has 2 rings (SSSR count). The summed E-state index contributed by atoms with van der Waals surface area (Å²) < 4.78 is 0. The summed E-state index contributed by atoms with van der Waals surface area (Å²) in [5.41, 5.74) is 1.68. The minimum atomic E-state index is -0.508. The molecule has 0 aliphatic carbocycles. The summed E-state index contributed by atoms with van der Waals surface area (Å²) >= 11 is 12.1. The number of hydrogen-bond donors (Lipinski definition) is 1. The van der Waals surface area contributed by atoms with Crippen LogP contribution < -0.4 is 5.32 Å². The van der Waals surface area contributed by atoms with E-state index < -0.39 is 6.04 Å². The molecular weight excluding hydrogens is 281 g/mol. The van der Waals surface area contributed by atoms with Gasteiger partial charge >= 0.3 is 0 Å². The smallest absolute Gasteiger partial charge is 0.123 e. The summed E-state index contributed by atoms with van der Waals surface area (Å²) in [5.74, 6) is 0. The second-order valence-corrected chi connectivity index (χ2v) is 4.73. The Morgan fingerprint density at radius 3 is 2.79 bits per heavy atom. The standard InChI is InChI=1S/C14H11Cl2N3/c15-12-5-1-4-11(14(12)16)13(7-17)19-9-10-3-2-6-18-8-10/h1-6,8,13,19H,9H2. The van der Waals surface area contributed by atoms with Gasteiger partial charge in [0.2, 0.25) is 0 Å². The predicted octanol–water partition coefficient (Wildman–Crippen LogP) is 3.74. The SMILES string of the molecule is N#CC(NCc1cccnc1)c1cccc(Cl)c1Cl. The van der Waals surface area contributed by atoms with Crippen LogP contribution in [0.2, 0.25) is 10.0 Å². The predicted molar refractivity (Wildman–Crippen MR) is 75.9 cm³/mol. The van der Waals surface area contributed by atoms with E-state index in [1.807, 2.05) is 12.1 Å². The molecule has 1 atom stereocenters. The summed E-state index contributed by atoms with van der Waals surface area (Å²) in [6, 6.07) is 10.7. The first-order valence-corrected chi connectivity index (χ1v) is 6.44. The Labute approximate surface area is 121 Å². The molecule has 1 heterocycles. The zero-order chi connectivity index (χ0) is 13.7. The highest BCUT2D eigenvalue weighted by Gasteiger charge is 2.15. The summed E-state index contributed by atoms with van der Waals surface area (Å²) in [5, 5.41) is 13.2. The zero-order valence-corrected chi connectivity index (χ0v) is 11.5. The number of rotatable bonds is 4. The average molecular weight is 292 g/mol. The zero-order valence-electron chi connectivity index (χ0n) is 9.98. The molecule has 0 amide bonds. The number of pyridine rings is 1. The van der Waals surface area contributed by atoms with E-state index in [2.05, 4.69) is 16.4 Å². The maximum Gasteiger partial charge on any atom is 0.123 e. The van der Waals surface area contributed by atoms with E-state index in [9.17, 15) is 5.26 Å². The van der Waals surface area contributed by atoms with E-state index in [4.69, 9.17) is 23.2 Å². The van der Waals surface area contributed by atoms with Gasteiger partial charge in [0.15, 0.2) is 0 Å². The fourth-order valence-corrected chi connectivity index (χ4v) is 2.11. The van der Waals surface area contributed by atoms with Crippen LogP contribution in [0.25, 0.3) is 0 Å². The number of nitrogens with one attached hydrogen (secondary N) is 1. The number of hydrogen-bond acceptors (Lipinski definition) is 3. The minimum absolute atomic E-state index is 0.411. The van der Waals surface area contributed by atoms with Crippen LogP contribution in [0.5, 0.6) is 0 Å². The molecule has 1 aromatic carbocycles. The summed E-state index contributed by atoms with van der Waals surface area (Å²) in [7, 11) is 0. The van der Waals surface area contributed by atoms with Crippen molar-refractivity contribution < 1.29 is 0 Å². The van der Waals surface area contributed by atoms with E-state index in [0.29, 0.717) is 22.2 Å². The molecule has 0 aliphatic rings. The molecule has 0 spiro atoms. The van der Waals surface area contributed by atoms with Gasteiger partial charge in [0.25, 0.3) is 0 Å². The van der Waals surface area contributed by atoms with Crippen LogP contribution in [0.1, 0.15) is 17.2 Å². The van der Waals surface area contributed by atoms with E-state index >= 15 is 0 Å². The molecule has 96 valence electrons. The Morgan fingerprint density at radius 1 is 1.26 bits per heavy atom. The van der Waals surface area contributed by atoms with Crippen LogP contribution in [-0.2, 0) is 6.54 Å². The van der Waals surface area contributed by atoms with Crippen molar-refractivity contribution in [1.29, 1.82) is 5.26 Å². The third-order valence-corrected chi connectivity index (χ3v) is 3.49. The number of aromatic nitrogens is 1. The number of benzene rings is 1. The van der Waals surface area contributed by atoms with Crippen LogP contribution in [-0.4, -0.2) is 4.98 Å². The minimum Gasteiger partial charge on any atom is -0.294 e. The highest BCUT2D eigenvalue weighted by molar-refractivity contribution is 6.42. The molecule has 1 unspecified atom stereocenters. The monoisotopic (exact) mass is 291 g/mol. The van der Waals surface area contributed by atoms with Gasteiger partial charge in [0.1, 0.15) is 6.04 Å². The molecule has 1 aromatic heterocycles. The lowest BCUT2D eigenvalue weighted by atomic mass is 10.1. The fraction of sp³-hybridized carbons (Fsp3) is 0.143. The Hall–Kier alpha value is -1.60. The van der Waals surface area contributed by atoms with Gasteiger partial charge in [0.05, 0.1) is 16.1 Å². The van der Waals surface area contributed by atoms with Gasteiger partial charge < -0.3 is 0 Å². The van der Waals surface area contributed by atoms with Crippen molar-refractivity contribution >= 4 is 23.2 Å². The lowest BCUT2D eigenvalue weighted by Gasteiger charge is -2.14. The quantitative estimate of drug-likeness (QED) is 0.933. The topological polar surface area (TPSA) is 48.7 Å². The van der Waals surface area contributed by atoms with E-state index in [-0.39, 0.29) is 0 Å². The Balaban J connectivity index is 2.13. The lowest BCUT2D eigenvalue weighted by molar-refractivity contribution is 0.629. The van der Waals surface area contributed by atoms with E-state index in [1.54, 1.807) is 30.6 Å². The third kappa shape index (κ3) is 3.45. The van der Waals surface area contributed by atoms with Crippen molar-refractivity contribution in [2.24, 2.45) is 0 Å². The maximum absolute atomic E-state index is 9.24. The van der Waals surface area contributed by atoms with Crippen molar-refractivity contribution in [3.05, 3.63) is 63.9 Å². The van der Waals surface area contributed by atoms with Gasteiger partial charge in [-0.1, -0.05) is 41.4 Å². The molecule has 19 heavy (non-hydrogen) atoms. The third-order valence-electron chi connectivity index (χ3n) is 2.65. The van der Waals surface area contributed by atoms with Crippen LogP contribution in [0.4, 0.5) is 0 Å². The largest absolute Gasteiger partial charge is 0.294 e. The first-order chi connectivity index (χ1) is 9.22. The molecule has 3 nitrogen and oxygen atoms in total. The molecule has 2 aromatic rings. The van der Waals surface area contributed by atoms with Crippen molar-refractivity contribution in [3.8, 4) is 6.07 Å². The van der Waals surface area contributed by atoms with Crippen molar-refractivity contribution in [3.63, 3.8) is 0 Å². The molecule has 0 aliphatic heterocycles. The van der Waals surface area contributed by atoms with Crippen LogP contribution in [0, 0.1) is 11.3 Å². The van der Waals surface area contributed by atoms with Crippen LogP contribution in [0.3, 0.4) is 0 Å². The number of nitriles is 1. The Kier molecular flexibility index (Phi) is 4.75. The Bertz CT molecular complexity index is 593. The molecule has 0 saturated heterocycles. The van der Waals surface area contributed by atoms with E-state index in [0.717, 1.165) is 5.56 Å². The fourth-order valence-electron chi connectivity index (χ4n) is 1.69. The molecule has 0 saturated carbocycles. The lowest BCUT2D eigenvalue weighted by Crippen LogP contribution is -2.19.